The van der Waals surface area contributed by atoms with Gasteiger partial charge in [0, 0.05) is 5.69 Å². The molecule has 0 saturated heterocycles. The van der Waals surface area contributed by atoms with Crippen LogP contribution in [0.2, 0.25) is 0 Å². The first kappa shape index (κ1) is 11.1. The van der Waals surface area contributed by atoms with E-state index in [0.29, 0.717) is 11.3 Å². The van der Waals surface area contributed by atoms with Gasteiger partial charge in [0.2, 0.25) is 0 Å². The number of aromatic nitrogens is 1. The van der Waals surface area contributed by atoms with Gasteiger partial charge in [0.05, 0.1) is 11.3 Å². The first-order valence-electron chi connectivity index (χ1n) is 5.62. The third-order valence-corrected chi connectivity index (χ3v) is 3.32. The quantitative estimate of drug-likeness (QED) is 0.789. The first-order valence-corrected chi connectivity index (χ1v) is 5.62. The lowest BCUT2D eigenvalue weighted by molar-refractivity contribution is 0.0695. The lowest BCUT2D eigenvalue weighted by Gasteiger charge is -2.31. The molecule has 0 radical (unpaired) electrons. The van der Waals surface area contributed by atoms with Gasteiger partial charge in [0.15, 0.2) is 0 Å². The van der Waals surface area contributed by atoms with Crippen molar-refractivity contribution in [2.45, 2.75) is 40.0 Å². The van der Waals surface area contributed by atoms with Crippen molar-refractivity contribution >= 4 is 5.97 Å². The number of pyridine rings is 1. The lowest BCUT2D eigenvalue weighted by Crippen LogP contribution is -2.24. The predicted octanol–water partition coefficient (Wildman–Crippen LogP) is 2.60. The minimum Gasteiger partial charge on any atom is -0.478 e. The fraction of sp³-hybridized carbons (Fsp3) is 0.538. The first-order chi connectivity index (χ1) is 7.39. The topological polar surface area (TPSA) is 50.2 Å². The Labute approximate surface area is 95.5 Å². The average Bonchev–Trinajstić information content (AvgIpc) is 2.16. The summed E-state index contributed by atoms with van der Waals surface area (Å²) in [5.74, 6) is -0.879. The van der Waals surface area contributed by atoms with Gasteiger partial charge in [-0.1, -0.05) is 13.8 Å². The van der Waals surface area contributed by atoms with Gasteiger partial charge in [-0.2, -0.15) is 0 Å². The second kappa shape index (κ2) is 3.58. The maximum absolute atomic E-state index is 11.0. The molecule has 1 aliphatic carbocycles. The maximum Gasteiger partial charge on any atom is 0.337 e. The number of carboxylic acid groups (broad SMARTS) is 1. The van der Waals surface area contributed by atoms with Crippen molar-refractivity contribution in [2.24, 2.45) is 5.41 Å². The van der Waals surface area contributed by atoms with E-state index in [4.69, 9.17) is 5.11 Å². The molecule has 0 aliphatic heterocycles. The number of aryl methyl sites for hydroxylation is 2. The van der Waals surface area contributed by atoms with Gasteiger partial charge in [-0.15, -0.1) is 0 Å². The number of fused-ring (bicyclic) bond motifs is 1. The van der Waals surface area contributed by atoms with Crippen molar-refractivity contribution in [1.82, 2.24) is 4.98 Å². The zero-order valence-electron chi connectivity index (χ0n) is 10.0. The van der Waals surface area contributed by atoms with E-state index in [1.165, 1.54) is 0 Å². The van der Waals surface area contributed by atoms with Crippen molar-refractivity contribution in [3.63, 3.8) is 0 Å². The number of carboxylic acids is 1. The second-order valence-electron chi connectivity index (χ2n) is 5.37. The highest BCUT2D eigenvalue weighted by Crippen LogP contribution is 2.34. The number of hydrogen-bond donors (Lipinski definition) is 1. The molecule has 1 aromatic heterocycles. The van der Waals surface area contributed by atoms with E-state index in [1.807, 2.05) is 0 Å². The minimum absolute atomic E-state index is 0.264. The van der Waals surface area contributed by atoms with E-state index in [2.05, 4.69) is 18.8 Å². The molecule has 0 saturated carbocycles. The Kier molecular flexibility index (Phi) is 2.49. The predicted molar refractivity (Wildman–Crippen MR) is 61.7 cm³/mol. The Bertz CT molecular complexity index is 449. The molecule has 0 fully saturated rings. The molecule has 3 heteroatoms. The summed E-state index contributed by atoms with van der Waals surface area (Å²) in [4.78, 5) is 15.4. The van der Waals surface area contributed by atoms with Crippen LogP contribution >= 0.6 is 0 Å². The van der Waals surface area contributed by atoms with Crippen LogP contribution in [0, 0.1) is 12.3 Å². The van der Waals surface area contributed by atoms with Crippen LogP contribution in [0.3, 0.4) is 0 Å². The van der Waals surface area contributed by atoms with Crippen molar-refractivity contribution in [1.29, 1.82) is 0 Å². The average molecular weight is 219 g/mol. The molecule has 0 unspecified atom stereocenters. The van der Waals surface area contributed by atoms with Crippen molar-refractivity contribution in [3.8, 4) is 0 Å². The molecule has 0 bridgehead atoms. The van der Waals surface area contributed by atoms with Gasteiger partial charge in [-0.25, -0.2) is 4.79 Å². The molecule has 16 heavy (non-hydrogen) atoms. The summed E-state index contributed by atoms with van der Waals surface area (Å²) in [6.07, 6.45) is 3.01. The van der Waals surface area contributed by atoms with Crippen LogP contribution in [-0.2, 0) is 12.8 Å². The number of rotatable bonds is 1. The molecule has 3 nitrogen and oxygen atoms in total. The molecule has 0 spiro atoms. The SMILES string of the molecule is Cc1nc2c(cc1C(=O)O)CC(C)(C)CC2. The number of nitrogens with zero attached hydrogens (tertiary/aromatic N) is 1. The number of aromatic carboxylic acids is 1. The van der Waals surface area contributed by atoms with Gasteiger partial charge in [-0.3, -0.25) is 4.98 Å². The van der Waals surface area contributed by atoms with Gasteiger partial charge < -0.3 is 5.11 Å². The van der Waals surface area contributed by atoms with E-state index < -0.39 is 5.97 Å². The molecular formula is C13H17NO2. The summed E-state index contributed by atoms with van der Waals surface area (Å²) in [7, 11) is 0. The Morgan fingerprint density at radius 1 is 1.50 bits per heavy atom. The summed E-state index contributed by atoms with van der Waals surface area (Å²) in [5.41, 5.74) is 3.43. The highest BCUT2D eigenvalue weighted by atomic mass is 16.4. The van der Waals surface area contributed by atoms with E-state index >= 15 is 0 Å². The Morgan fingerprint density at radius 2 is 2.19 bits per heavy atom. The monoisotopic (exact) mass is 219 g/mol. The summed E-state index contributed by atoms with van der Waals surface area (Å²) >= 11 is 0. The van der Waals surface area contributed by atoms with Crippen LogP contribution in [-0.4, -0.2) is 16.1 Å². The van der Waals surface area contributed by atoms with Crippen molar-refractivity contribution in [2.75, 3.05) is 0 Å². The largest absolute Gasteiger partial charge is 0.478 e. The zero-order chi connectivity index (χ0) is 11.9. The van der Waals surface area contributed by atoms with Gasteiger partial charge in [0.1, 0.15) is 0 Å². The van der Waals surface area contributed by atoms with Crippen LogP contribution in [0.15, 0.2) is 6.07 Å². The molecule has 86 valence electrons. The highest BCUT2D eigenvalue weighted by molar-refractivity contribution is 5.89. The van der Waals surface area contributed by atoms with Crippen LogP contribution in [0.25, 0.3) is 0 Å². The molecule has 1 N–H and O–H groups in total. The molecule has 0 aromatic carbocycles. The lowest BCUT2D eigenvalue weighted by atomic mass is 9.75. The van der Waals surface area contributed by atoms with E-state index in [1.54, 1.807) is 13.0 Å². The van der Waals surface area contributed by atoms with Gasteiger partial charge in [0.25, 0.3) is 0 Å². The van der Waals surface area contributed by atoms with E-state index in [-0.39, 0.29) is 5.41 Å². The Morgan fingerprint density at radius 3 is 2.81 bits per heavy atom. The summed E-state index contributed by atoms with van der Waals surface area (Å²) in [5, 5.41) is 9.06. The van der Waals surface area contributed by atoms with Gasteiger partial charge >= 0.3 is 5.97 Å². The molecule has 0 amide bonds. The van der Waals surface area contributed by atoms with Crippen molar-refractivity contribution < 1.29 is 9.90 Å². The Hall–Kier alpha value is -1.38. The highest BCUT2D eigenvalue weighted by Gasteiger charge is 2.27. The summed E-state index contributed by atoms with van der Waals surface area (Å²) in [6.45, 7) is 6.20. The third-order valence-electron chi connectivity index (χ3n) is 3.32. The smallest absolute Gasteiger partial charge is 0.337 e. The fourth-order valence-corrected chi connectivity index (χ4v) is 2.34. The Balaban J connectivity index is 2.48. The third kappa shape index (κ3) is 1.94. The van der Waals surface area contributed by atoms with Crippen LogP contribution in [0.4, 0.5) is 0 Å². The second-order valence-corrected chi connectivity index (χ2v) is 5.37. The number of hydrogen-bond acceptors (Lipinski definition) is 2. The maximum atomic E-state index is 11.0. The van der Waals surface area contributed by atoms with Crippen LogP contribution in [0.1, 0.15) is 47.6 Å². The number of carbonyl (C=O) groups is 1. The van der Waals surface area contributed by atoms with Gasteiger partial charge in [-0.05, 0) is 43.2 Å². The molecule has 0 atom stereocenters. The molecule has 1 heterocycles. The summed E-state index contributed by atoms with van der Waals surface area (Å²) in [6, 6.07) is 1.81. The fourth-order valence-electron chi connectivity index (χ4n) is 2.34. The minimum atomic E-state index is -0.879. The van der Waals surface area contributed by atoms with Crippen molar-refractivity contribution in [3.05, 3.63) is 28.6 Å². The zero-order valence-corrected chi connectivity index (χ0v) is 10.0. The molecule has 2 rings (SSSR count). The van der Waals surface area contributed by atoms with Crippen LogP contribution in [0.5, 0.6) is 0 Å². The van der Waals surface area contributed by atoms with E-state index in [9.17, 15) is 4.79 Å². The van der Waals surface area contributed by atoms with E-state index in [0.717, 1.165) is 30.5 Å². The summed E-state index contributed by atoms with van der Waals surface area (Å²) < 4.78 is 0. The molecular weight excluding hydrogens is 202 g/mol. The standard InChI is InChI=1S/C13H17NO2/c1-8-10(12(15)16)6-9-7-13(2,3)5-4-11(9)14-8/h6H,4-5,7H2,1-3H3,(H,15,16). The molecule has 1 aliphatic rings. The normalized spacial score (nSPS) is 17.9. The molecule has 1 aromatic rings. The van der Waals surface area contributed by atoms with Crippen LogP contribution < -0.4 is 0 Å².